The molecule has 0 spiro atoms. The number of rotatable bonds is 5. The van der Waals surface area contributed by atoms with Crippen LogP contribution in [0, 0.1) is 13.8 Å². The predicted octanol–water partition coefficient (Wildman–Crippen LogP) is 3.99. The zero-order valence-corrected chi connectivity index (χ0v) is 13.1. The Labute approximate surface area is 124 Å². The highest BCUT2D eigenvalue weighted by atomic mass is 32.2. The topological polar surface area (TPSA) is 49.8 Å². The van der Waals surface area contributed by atoms with Crippen LogP contribution < -0.4 is 10.6 Å². The van der Waals surface area contributed by atoms with E-state index in [1.807, 2.05) is 26.0 Å². The fraction of sp³-hybridized carbons (Fsp3) is 0.333. The second kappa shape index (κ2) is 6.61. The molecule has 0 atom stereocenters. The number of benzene rings is 1. The average molecular weight is 288 g/mol. The van der Waals surface area contributed by atoms with Gasteiger partial charge >= 0.3 is 0 Å². The summed E-state index contributed by atoms with van der Waals surface area (Å²) in [5.74, 6) is 2.51. The van der Waals surface area contributed by atoms with Gasteiger partial charge in [-0.1, -0.05) is 12.1 Å². The number of thioether (sulfide) groups is 1. The molecule has 1 aromatic heterocycles. The Balaban J connectivity index is 2.38. The lowest BCUT2D eigenvalue weighted by molar-refractivity contribution is 1.02. The van der Waals surface area contributed by atoms with Crippen molar-refractivity contribution in [2.24, 2.45) is 0 Å². The summed E-state index contributed by atoms with van der Waals surface area (Å²) in [7, 11) is 0. The molecular weight excluding hydrogens is 268 g/mol. The molecule has 0 aliphatic heterocycles. The number of nitrogens with one attached hydrogen (secondary N) is 2. The highest BCUT2D eigenvalue weighted by Gasteiger charge is 2.10. The molecule has 4 nitrogen and oxygen atoms in total. The lowest BCUT2D eigenvalue weighted by Crippen LogP contribution is -2.08. The van der Waals surface area contributed by atoms with Crippen molar-refractivity contribution in [1.29, 1.82) is 0 Å². The Morgan fingerprint density at radius 1 is 1.10 bits per heavy atom. The molecule has 1 aromatic carbocycles. The van der Waals surface area contributed by atoms with Gasteiger partial charge in [0.05, 0.1) is 5.69 Å². The summed E-state index contributed by atoms with van der Waals surface area (Å²) in [4.78, 5) is 10.2. The van der Waals surface area contributed by atoms with Crippen molar-refractivity contribution >= 4 is 29.1 Å². The lowest BCUT2D eigenvalue weighted by Gasteiger charge is -2.15. The minimum Gasteiger partial charge on any atom is -0.370 e. The molecule has 0 fully saturated rings. The van der Waals surface area contributed by atoms with E-state index in [4.69, 9.17) is 0 Å². The van der Waals surface area contributed by atoms with Gasteiger partial charge in [-0.2, -0.15) is 0 Å². The van der Waals surface area contributed by atoms with E-state index < -0.39 is 0 Å². The summed E-state index contributed by atoms with van der Waals surface area (Å²) < 4.78 is 0. The van der Waals surface area contributed by atoms with Crippen molar-refractivity contribution in [1.82, 2.24) is 9.97 Å². The van der Waals surface area contributed by atoms with E-state index in [0.717, 1.165) is 35.3 Å². The first kappa shape index (κ1) is 14.7. The van der Waals surface area contributed by atoms with Crippen LogP contribution in [-0.2, 0) is 0 Å². The fourth-order valence-electron chi connectivity index (χ4n) is 1.97. The number of aryl methyl sites for hydroxylation is 1. The van der Waals surface area contributed by atoms with Gasteiger partial charge in [0.25, 0.3) is 0 Å². The first-order valence-electron chi connectivity index (χ1n) is 6.64. The van der Waals surface area contributed by atoms with E-state index >= 15 is 0 Å². The molecule has 1 heterocycles. The van der Waals surface area contributed by atoms with Gasteiger partial charge in [0.15, 0.2) is 0 Å². The van der Waals surface area contributed by atoms with Gasteiger partial charge in [-0.15, -0.1) is 11.8 Å². The second-order valence-corrected chi connectivity index (χ2v) is 5.30. The molecular formula is C15H20N4S. The van der Waals surface area contributed by atoms with Crippen molar-refractivity contribution in [3.05, 3.63) is 35.7 Å². The molecule has 5 heteroatoms. The van der Waals surface area contributed by atoms with Crippen LogP contribution in [0.5, 0.6) is 0 Å². The summed E-state index contributed by atoms with van der Waals surface area (Å²) in [6, 6.07) is 8.23. The van der Waals surface area contributed by atoms with E-state index in [9.17, 15) is 0 Å². The molecule has 0 radical (unpaired) electrons. The number of hydrogen-bond acceptors (Lipinski definition) is 5. The number of aromatic nitrogens is 2. The van der Waals surface area contributed by atoms with Crippen LogP contribution in [0.1, 0.15) is 18.3 Å². The molecule has 106 valence electrons. The quantitative estimate of drug-likeness (QED) is 0.815. The Kier molecular flexibility index (Phi) is 4.84. The van der Waals surface area contributed by atoms with Crippen LogP contribution in [0.15, 0.2) is 29.2 Å². The van der Waals surface area contributed by atoms with E-state index in [0.29, 0.717) is 0 Å². The molecule has 0 bridgehead atoms. The molecule has 0 saturated heterocycles. The van der Waals surface area contributed by atoms with Gasteiger partial charge < -0.3 is 10.6 Å². The maximum Gasteiger partial charge on any atom is 0.139 e. The molecule has 0 unspecified atom stereocenters. The van der Waals surface area contributed by atoms with Gasteiger partial charge in [-0.3, -0.25) is 0 Å². The van der Waals surface area contributed by atoms with Crippen molar-refractivity contribution in [2.75, 3.05) is 23.4 Å². The Bertz CT molecular complexity index is 598. The van der Waals surface area contributed by atoms with Crippen molar-refractivity contribution in [3.8, 4) is 0 Å². The number of nitrogens with zero attached hydrogens (tertiary/aromatic N) is 2. The third-order valence-corrected chi connectivity index (χ3v) is 3.76. The van der Waals surface area contributed by atoms with Crippen molar-refractivity contribution in [3.63, 3.8) is 0 Å². The molecule has 20 heavy (non-hydrogen) atoms. The summed E-state index contributed by atoms with van der Waals surface area (Å²) in [5, 5.41) is 6.69. The Morgan fingerprint density at radius 2 is 1.80 bits per heavy atom. The maximum absolute atomic E-state index is 4.51. The van der Waals surface area contributed by atoms with Crippen molar-refractivity contribution in [2.45, 2.75) is 25.7 Å². The number of hydrogen-bond donors (Lipinski definition) is 2. The first-order chi connectivity index (χ1) is 9.65. The average Bonchev–Trinajstić information content (AvgIpc) is 2.44. The summed E-state index contributed by atoms with van der Waals surface area (Å²) >= 11 is 1.72. The largest absolute Gasteiger partial charge is 0.370 e. The zero-order valence-electron chi connectivity index (χ0n) is 12.3. The van der Waals surface area contributed by atoms with Crippen molar-refractivity contribution < 1.29 is 0 Å². The minimum absolute atomic E-state index is 0.760. The molecule has 0 aliphatic carbocycles. The van der Waals surface area contributed by atoms with Gasteiger partial charge in [0.2, 0.25) is 0 Å². The highest BCUT2D eigenvalue weighted by molar-refractivity contribution is 7.98. The third kappa shape index (κ3) is 3.22. The minimum atomic E-state index is 0.760. The molecule has 0 amide bonds. The van der Waals surface area contributed by atoms with Crippen LogP contribution in [0.2, 0.25) is 0 Å². The van der Waals surface area contributed by atoms with Crippen LogP contribution >= 0.6 is 11.8 Å². The molecule has 0 aliphatic rings. The third-order valence-electron chi connectivity index (χ3n) is 2.96. The SMILES string of the molecule is CCNc1nc(C)nc(Nc2ccccc2SC)c1C. The molecule has 0 saturated carbocycles. The zero-order chi connectivity index (χ0) is 14.5. The van der Waals surface area contributed by atoms with Crippen LogP contribution in [-0.4, -0.2) is 22.8 Å². The van der Waals surface area contributed by atoms with E-state index in [2.05, 4.69) is 45.9 Å². The predicted molar refractivity (Wildman–Crippen MR) is 87.2 cm³/mol. The van der Waals surface area contributed by atoms with Gasteiger partial charge in [0.1, 0.15) is 17.5 Å². The molecule has 2 N–H and O–H groups in total. The Morgan fingerprint density at radius 3 is 2.50 bits per heavy atom. The summed E-state index contributed by atoms with van der Waals surface area (Å²) in [5.41, 5.74) is 2.11. The monoisotopic (exact) mass is 288 g/mol. The van der Waals surface area contributed by atoms with E-state index in [1.165, 1.54) is 4.90 Å². The summed E-state index contributed by atoms with van der Waals surface area (Å²) in [6.45, 7) is 6.85. The highest BCUT2D eigenvalue weighted by Crippen LogP contribution is 2.29. The molecule has 2 rings (SSSR count). The fourth-order valence-corrected chi connectivity index (χ4v) is 2.52. The van der Waals surface area contributed by atoms with E-state index in [1.54, 1.807) is 11.8 Å². The lowest BCUT2D eigenvalue weighted by atomic mass is 10.2. The smallest absolute Gasteiger partial charge is 0.139 e. The number of anilines is 3. The van der Waals surface area contributed by atoms with Gasteiger partial charge in [-0.05, 0) is 39.2 Å². The number of para-hydroxylation sites is 1. The van der Waals surface area contributed by atoms with Gasteiger partial charge in [-0.25, -0.2) is 9.97 Å². The summed E-state index contributed by atoms with van der Waals surface area (Å²) in [6.07, 6.45) is 2.07. The Hall–Kier alpha value is -1.75. The van der Waals surface area contributed by atoms with Gasteiger partial charge in [0, 0.05) is 17.0 Å². The second-order valence-electron chi connectivity index (χ2n) is 4.45. The molecule has 2 aromatic rings. The van der Waals surface area contributed by atoms with Crippen LogP contribution in [0.25, 0.3) is 0 Å². The maximum atomic E-state index is 4.51. The van der Waals surface area contributed by atoms with Crippen LogP contribution in [0.4, 0.5) is 17.3 Å². The van der Waals surface area contributed by atoms with Crippen LogP contribution in [0.3, 0.4) is 0 Å². The first-order valence-corrected chi connectivity index (χ1v) is 7.87. The van der Waals surface area contributed by atoms with E-state index in [-0.39, 0.29) is 0 Å². The standard InChI is InChI=1S/C15H20N4S/c1-5-16-14-10(2)15(18-11(3)17-14)19-12-8-6-7-9-13(12)20-4/h6-9H,5H2,1-4H3,(H2,16,17,18,19). The normalized spacial score (nSPS) is 10.4.